The van der Waals surface area contributed by atoms with Gasteiger partial charge in [-0.3, -0.25) is 4.79 Å². The first-order chi connectivity index (χ1) is 13.5. The SMILES string of the molecule is O=C(C[C@H]1c2ccccc2CCN1S(=O)(=O)c1ccc(F)cc1)N1CCCC1. The number of halogens is 1. The molecular formula is C21H23FN2O3S. The van der Waals surface area contributed by atoms with Crippen molar-refractivity contribution in [2.75, 3.05) is 19.6 Å². The van der Waals surface area contributed by atoms with Crippen molar-refractivity contribution in [2.45, 2.75) is 36.6 Å². The third-order valence-electron chi connectivity index (χ3n) is 5.61. The topological polar surface area (TPSA) is 57.7 Å². The van der Waals surface area contributed by atoms with Crippen LogP contribution >= 0.6 is 0 Å². The predicted molar refractivity (Wildman–Crippen MR) is 104 cm³/mol. The lowest BCUT2D eigenvalue weighted by molar-refractivity contribution is -0.131. The fourth-order valence-electron chi connectivity index (χ4n) is 4.13. The van der Waals surface area contributed by atoms with Crippen LogP contribution in [0.15, 0.2) is 53.4 Å². The summed E-state index contributed by atoms with van der Waals surface area (Å²) in [4.78, 5) is 14.7. The first kappa shape index (κ1) is 19.1. The molecule has 0 bridgehead atoms. The number of likely N-dealkylation sites (tertiary alicyclic amines) is 1. The Labute approximate surface area is 164 Å². The molecule has 0 aliphatic carbocycles. The Bertz CT molecular complexity index is 969. The van der Waals surface area contributed by atoms with Gasteiger partial charge in [-0.25, -0.2) is 12.8 Å². The van der Waals surface area contributed by atoms with Crippen LogP contribution < -0.4 is 0 Å². The normalized spacial score (nSPS) is 20.2. The van der Waals surface area contributed by atoms with Crippen LogP contribution in [-0.2, 0) is 21.2 Å². The average molecular weight is 402 g/mol. The van der Waals surface area contributed by atoms with E-state index in [1.54, 1.807) is 0 Å². The van der Waals surface area contributed by atoms with Gasteiger partial charge in [-0.1, -0.05) is 24.3 Å². The fraction of sp³-hybridized carbons (Fsp3) is 0.381. The lowest BCUT2D eigenvalue weighted by Crippen LogP contribution is -2.42. The van der Waals surface area contributed by atoms with Gasteiger partial charge in [0.25, 0.3) is 0 Å². The monoisotopic (exact) mass is 402 g/mol. The van der Waals surface area contributed by atoms with Crippen LogP contribution in [0.4, 0.5) is 4.39 Å². The van der Waals surface area contributed by atoms with Crippen molar-refractivity contribution < 1.29 is 17.6 Å². The van der Waals surface area contributed by atoms with Gasteiger partial charge >= 0.3 is 0 Å². The quantitative estimate of drug-likeness (QED) is 0.790. The average Bonchev–Trinajstić information content (AvgIpc) is 3.23. The number of rotatable bonds is 4. The number of fused-ring (bicyclic) bond motifs is 1. The Morgan fingerprint density at radius 1 is 1.00 bits per heavy atom. The van der Waals surface area contributed by atoms with Gasteiger partial charge in [0.05, 0.1) is 10.9 Å². The minimum atomic E-state index is -3.84. The number of hydrogen-bond acceptors (Lipinski definition) is 3. The number of carbonyl (C=O) groups excluding carboxylic acids is 1. The molecule has 5 nitrogen and oxygen atoms in total. The number of carbonyl (C=O) groups is 1. The van der Waals surface area contributed by atoms with Gasteiger partial charge in [-0.2, -0.15) is 4.31 Å². The lowest BCUT2D eigenvalue weighted by Gasteiger charge is -2.36. The molecule has 0 N–H and O–H groups in total. The first-order valence-corrected chi connectivity index (χ1v) is 11.0. The molecule has 0 unspecified atom stereocenters. The highest BCUT2D eigenvalue weighted by Gasteiger charge is 2.38. The molecule has 0 radical (unpaired) electrons. The minimum Gasteiger partial charge on any atom is -0.343 e. The summed E-state index contributed by atoms with van der Waals surface area (Å²) in [5.41, 5.74) is 1.96. The van der Waals surface area contributed by atoms with E-state index < -0.39 is 21.9 Å². The Morgan fingerprint density at radius 2 is 1.68 bits per heavy atom. The van der Waals surface area contributed by atoms with Crippen molar-refractivity contribution in [3.8, 4) is 0 Å². The van der Waals surface area contributed by atoms with Crippen molar-refractivity contribution in [1.29, 1.82) is 0 Å². The maximum Gasteiger partial charge on any atom is 0.243 e. The van der Waals surface area contributed by atoms with Gasteiger partial charge in [-0.05, 0) is 54.7 Å². The molecule has 2 heterocycles. The molecule has 2 aliphatic rings. The van der Waals surface area contributed by atoms with E-state index in [2.05, 4.69) is 0 Å². The van der Waals surface area contributed by atoms with Gasteiger partial charge in [0, 0.05) is 26.1 Å². The maximum absolute atomic E-state index is 13.3. The minimum absolute atomic E-state index is 0.0153. The largest absolute Gasteiger partial charge is 0.343 e. The number of amides is 1. The van der Waals surface area contributed by atoms with Crippen LogP contribution in [0.5, 0.6) is 0 Å². The predicted octanol–water partition coefficient (Wildman–Crippen LogP) is 3.13. The first-order valence-electron chi connectivity index (χ1n) is 9.60. The van der Waals surface area contributed by atoms with E-state index >= 15 is 0 Å². The zero-order valence-corrected chi connectivity index (χ0v) is 16.4. The summed E-state index contributed by atoms with van der Waals surface area (Å²) in [5.74, 6) is -0.498. The standard InChI is InChI=1S/C21H23FN2O3S/c22-17-7-9-18(10-8-17)28(26,27)24-14-11-16-5-1-2-6-19(16)20(24)15-21(25)23-12-3-4-13-23/h1-2,5-10,20H,3-4,11-15H2/t20-/m0/s1. The second kappa shape index (κ2) is 7.64. The van der Waals surface area contributed by atoms with Crippen molar-refractivity contribution in [3.05, 3.63) is 65.5 Å². The zero-order chi connectivity index (χ0) is 19.7. The van der Waals surface area contributed by atoms with E-state index in [-0.39, 0.29) is 17.2 Å². The molecule has 148 valence electrons. The zero-order valence-electron chi connectivity index (χ0n) is 15.6. The van der Waals surface area contributed by atoms with Crippen LogP contribution in [0.3, 0.4) is 0 Å². The molecule has 0 saturated carbocycles. The molecule has 1 atom stereocenters. The lowest BCUT2D eigenvalue weighted by atomic mass is 9.92. The van der Waals surface area contributed by atoms with Crippen LogP contribution in [0.1, 0.15) is 36.4 Å². The second-order valence-corrected chi connectivity index (χ2v) is 9.22. The van der Waals surface area contributed by atoms with Gasteiger partial charge in [0.15, 0.2) is 0 Å². The number of nitrogens with zero attached hydrogens (tertiary/aromatic N) is 2. The summed E-state index contributed by atoms with van der Waals surface area (Å²) in [7, 11) is -3.84. The third kappa shape index (κ3) is 3.56. The highest BCUT2D eigenvalue weighted by molar-refractivity contribution is 7.89. The molecule has 4 rings (SSSR count). The molecule has 0 spiro atoms. The molecule has 0 aromatic heterocycles. The van der Waals surface area contributed by atoms with Crippen LogP contribution in [0.25, 0.3) is 0 Å². The van der Waals surface area contributed by atoms with E-state index in [9.17, 15) is 17.6 Å². The van der Waals surface area contributed by atoms with Gasteiger partial charge < -0.3 is 4.90 Å². The van der Waals surface area contributed by atoms with E-state index in [1.807, 2.05) is 29.2 Å². The Kier molecular flexibility index (Phi) is 5.21. The fourth-order valence-corrected chi connectivity index (χ4v) is 5.74. The molecule has 2 aromatic rings. The van der Waals surface area contributed by atoms with Crippen LogP contribution in [0, 0.1) is 5.82 Å². The summed E-state index contributed by atoms with van der Waals surface area (Å²) < 4.78 is 41.3. The number of hydrogen-bond donors (Lipinski definition) is 0. The van der Waals surface area contributed by atoms with E-state index in [0.29, 0.717) is 13.0 Å². The molecule has 1 saturated heterocycles. The summed E-state index contributed by atoms with van der Waals surface area (Å²) in [5, 5.41) is 0. The highest BCUT2D eigenvalue weighted by Crippen LogP contribution is 2.37. The van der Waals surface area contributed by atoms with E-state index in [0.717, 1.165) is 49.2 Å². The maximum atomic E-state index is 13.3. The van der Waals surface area contributed by atoms with Crippen molar-refractivity contribution in [3.63, 3.8) is 0 Å². The highest BCUT2D eigenvalue weighted by atomic mass is 32.2. The molecule has 7 heteroatoms. The second-order valence-electron chi connectivity index (χ2n) is 7.33. The summed E-state index contributed by atoms with van der Waals surface area (Å²) >= 11 is 0. The molecule has 2 aliphatic heterocycles. The van der Waals surface area contributed by atoms with Crippen molar-refractivity contribution >= 4 is 15.9 Å². The summed E-state index contributed by atoms with van der Waals surface area (Å²) in [6.07, 6.45) is 2.69. The van der Waals surface area contributed by atoms with Crippen LogP contribution in [-0.4, -0.2) is 43.2 Å². The molecule has 28 heavy (non-hydrogen) atoms. The van der Waals surface area contributed by atoms with Gasteiger partial charge in [0.1, 0.15) is 5.82 Å². The molecule has 1 fully saturated rings. The Morgan fingerprint density at radius 3 is 2.39 bits per heavy atom. The number of sulfonamides is 1. The smallest absolute Gasteiger partial charge is 0.243 e. The number of benzene rings is 2. The van der Waals surface area contributed by atoms with Crippen LogP contribution in [0.2, 0.25) is 0 Å². The van der Waals surface area contributed by atoms with Gasteiger partial charge in [-0.15, -0.1) is 0 Å². The Balaban J connectivity index is 1.70. The van der Waals surface area contributed by atoms with E-state index in [1.165, 1.54) is 16.4 Å². The van der Waals surface area contributed by atoms with Gasteiger partial charge in [0.2, 0.25) is 15.9 Å². The molecule has 2 aromatic carbocycles. The third-order valence-corrected chi connectivity index (χ3v) is 7.53. The van der Waals surface area contributed by atoms with E-state index in [4.69, 9.17) is 0 Å². The summed E-state index contributed by atoms with van der Waals surface area (Å²) in [6.45, 7) is 1.77. The molecule has 1 amide bonds. The summed E-state index contributed by atoms with van der Waals surface area (Å²) in [6, 6.07) is 12.0. The van der Waals surface area contributed by atoms with Crippen molar-refractivity contribution in [1.82, 2.24) is 9.21 Å². The van der Waals surface area contributed by atoms with Crippen molar-refractivity contribution in [2.24, 2.45) is 0 Å². The molecular weight excluding hydrogens is 379 g/mol. The Hall–Kier alpha value is -2.25.